The van der Waals surface area contributed by atoms with Crippen molar-refractivity contribution in [3.63, 3.8) is 0 Å². The van der Waals surface area contributed by atoms with Crippen LogP contribution in [0.2, 0.25) is 0 Å². The molecular formula is C8H6F3NO3. The summed E-state index contributed by atoms with van der Waals surface area (Å²) in [5.74, 6) is -2.18. The van der Waals surface area contributed by atoms with Gasteiger partial charge in [-0.3, -0.25) is 10.1 Å². The van der Waals surface area contributed by atoms with Crippen molar-refractivity contribution in [3.8, 4) is 5.75 Å². The third-order valence-electron chi connectivity index (χ3n) is 1.68. The first-order valence-electron chi connectivity index (χ1n) is 3.81. The molecular weight excluding hydrogens is 215 g/mol. The normalized spacial score (nSPS) is 10.5. The van der Waals surface area contributed by atoms with E-state index in [4.69, 9.17) is 0 Å². The maximum Gasteiger partial charge on any atom is 0.387 e. The number of nitro benzene ring substituents is 1. The van der Waals surface area contributed by atoms with E-state index in [0.717, 1.165) is 12.1 Å². The quantitative estimate of drug-likeness (QED) is 0.582. The summed E-state index contributed by atoms with van der Waals surface area (Å²) < 4.78 is 40.8. The highest BCUT2D eigenvalue weighted by atomic mass is 19.3. The highest BCUT2D eigenvalue weighted by Gasteiger charge is 2.22. The number of nitro groups is 1. The zero-order chi connectivity index (χ0) is 11.6. The lowest BCUT2D eigenvalue weighted by Crippen LogP contribution is -2.06. The van der Waals surface area contributed by atoms with Gasteiger partial charge < -0.3 is 4.74 Å². The van der Waals surface area contributed by atoms with Crippen LogP contribution < -0.4 is 4.74 Å². The Morgan fingerprint density at radius 3 is 2.53 bits per heavy atom. The lowest BCUT2D eigenvalue weighted by Gasteiger charge is -2.08. The molecule has 15 heavy (non-hydrogen) atoms. The number of nitrogens with zero attached hydrogens (tertiary/aromatic N) is 1. The van der Waals surface area contributed by atoms with Gasteiger partial charge in [0, 0.05) is 6.07 Å². The zero-order valence-electron chi connectivity index (χ0n) is 7.54. The van der Waals surface area contributed by atoms with Crippen molar-refractivity contribution in [1.82, 2.24) is 0 Å². The van der Waals surface area contributed by atoms with Gasteiger partial charge in [-0.05, 0) is 18.6 Å². The zero-order valence-corrected chi connectivity index (χ0v) is 7.54. The van der Waals surface area contributed by atoms with Crippen molar-refractivity contribution in [2.45, 2.75) is 13.5 Å². The van der Waals surface area contributed by atoms with Crippen LogP contribution in [0, 0.1) is 22.9 Å². The molecule has 0 aliphatic rings. The SMILES string of the molecule is Cc1ccc([N+](=O)[O-])c(F)c1OC(F)F. The third-order valence-corrected chi connectivity index (χ3v) is 1.68. The number of rotatable bonds is 3. The number of halogens is 3. The molecule has 0 amide bonds. The number of alkyl halides is 2. The highest BCUT2D eigenvalue weighted by Crippen LogP contribution is 2.30. The predicted octanol–water partition coefficient (Wildman–Crippen LogP) is 2.64. The molecule has 0 saturated heterocycles. The van der Waals surface area contributed by atoms with E-state index in [1.807, 2.05) is 0 Å². The molecule has 4 nitrogen and oxygen atoms in total. The summed E-state index contributed by atoms with van der Waals surface area (Å²) in [5.41, 5.74) is -0.824. The van der Waals surface area contributed by atoms with Crippen molar-refractivity contribution in [3.05, 3.63) is 33.6 Å². The number of benzene rings is 1. The molecule has 82 valence electrons. The molecule has 0 aliphatic heterocycles. The Kier molecular flexibility index (Phi) is 3.13. The van der Waals surface area contributed by atoms with Crippen LogP contribution in [0.25, 0.3) is 0 Å². The van der Waals surface area contributed by atoms with E-state index in [1.54, 1.807) is 0 Å². The average Bonchev–Trinajstić information content (AvgIpc) is 2.11. The molecule has 0 aromatic heterocycles. The second kappa shape index (κ2) is 4.16. The molecule has 1 aromatic carbocycles. The first-order chi connectivity index (χ1) is 6.93. The van der Waals surface area contributed by atoms with Gasteiger partial charge in [0.2, 0.25) is 5.82 Å². The monoisotopic (exact) mass is 221 g/mol. The van der Waals surface area contributed by atoms with E-state index < -0.39 is 28.8 Å². The first kappa shape index (κ1) is 11.3. The fourth-order valence-electron chi connectivity index (χ4n) is 1.02. The Morgan fingerprint density at radius 2 is 2.07 bits per heavy atom. The van der Waals surface area contributed by atoms with Gasteiger partial charge in [-0.15, -0.1) is 0 Å². The van der Waals surface area contributed by atoms with E-state index in [2.05, 4.69) is 4.74 Å². The lowest BCUT2D eigenvalue weighted by atomic mass is 10.2. The average molecular weight is 221 g/mol. The molecule has 0 unspecified atom stereocenters. The van der Waals surface area contributed by atoms with Crippen molar-refractivity contribution in [2.24, 2.45) is 0 Å². The number of aryl methyl sites for hydroxylation is 1. The molecule has 0 saturated carbocycles. The predicted molar refractivity (Wildman–Crippen MR) is 44.4 cm³/mol. The highest BCUT2D eigenvalue weighted by molar-refractivity contribution is 5.45. The summed E-state index contributed by atoms with van der Waals surface area (Å²) in [6, 6.07) is 2.03. The minimum absolute atomic E-state index is 0.0680. The van der Waals surface area contributed by atoms with Gasteiger partial charge >= 0.3 is 12.3 Å². The lowest BCUT2D eigenvalue weighted by molar-refractivity contribution is -0.387. The molecule has 0 radical (unpaired) electrons. The molecule has 0 heterocycles. The maximum absolute atomic E-state index is 13.2. The number of hydrogen-bond donors (Lipinski definition) is 0. The Morgan fingerprint density at radius 1 is 1.47 bits per heavy atom. The van der Waals surface area contributed by atoms with Gasteiger partial charge in [0.25, 0.3) is 0 Å². The number of ether oxygens (including phenoxy) is 1. The van der Waals surface area contributed by atoms with Crippen LogP contribution in [0.15, 0.2) is 12.1 Å². The van der Waals surface area contributed by atoms with Gasteiger partial charge in [0.05, 0.1) is 4.92 Å². The van der Waals surface area contributed by atoms with E-state index in [0.29, 0.717) is 0 Å². The molecule has 1 rings (SSSR count). The van der Waals surface area contributed by atoms with Crippen LogP contribution >= 0.6 is 0 Å². The van der Waals surface area contributed by atoms with Gasteiger partial charge in [0.15, 0.2) is 5.75 Å². The van der Waals surface area contributed by atoms with Crippen LogP contribution in [-0.4, -0.2) is 11.5 Å². The Balaban J connectivity index is 3.24. The van der Waals surface area contributed by atoms with E-state index in [9.17, 15) is 23.3 Å². The van der Waals surface area contributed by atoms with Gasteiger partial charge in [-0.2, -0.15) is 13.2 Å². The summed E-state index contributed by atoms with van der Waals surface area (Å²) in [6.45, 7) is -1.91. The van der Waals surface area contributed by atoms with Gasteiger partial charge in [-0.1, -0.05) is 0 Å². The topological polar surface area (TPSA) is 52.4 Å². The summed E-state index contributed by atoms with van der Waals surface area (Å²) >= 11 is 0. The Hall–Kier alpha value is -1.79. The molecule has 0 fully saturated rings. The minimum atomic E-state index is -3.22. The summed E-state index contributed by atoms with van der Waals surface area (Å²) in [5, 5.41) is 10.3. The standard InChI is InChI=1S/C8H6F3NO3/c1-4-2-3-5(12(13)14)6(9)7(4)15-8(10)11/h2-3,8H,1H3. The van der Waals surface area contributed by atoms with Crippen LogP contribution in [0.5, 0.6) is 5.75 Å². The Bertz CT molecular complexity index is 395. The van der Waals surface area contributed by atoms with Crippen molar-refractivity contribution in [1.29, 1.82) is 0 Å². The molecule has 0 atom stereocenters. The molecule has 1 aromatic rings. The first-order valence-corrected chi connectivity index (χ1v) is 3.81. The molecule has 0 aliphatic carbocycles. The fraction of sp³-hybridized carbons (Fsp3) is 0.250. The van der Waals surface area contributed by atoms with E-state index in [1.165, 1.54) is 6.92 Å². The fourth-order valence-corrected chi connectivity index (χ4v) is 1.02. The van der Waals surface area contributed by atoms with Crippen LogP contribution in [0.3, 0.4) is 0 Å². The second-order valence-corrected chi connectivity index (χ2v) is 2.68. The van der Waals surface area contributed by atoms with Crippen LogP contribution in [0.1, 0.15) is 5.56 Å². The van der Waals surface area contributed by atoms with Crippen LogP contribution in [0.4, 0.5) is 18.9 Å². The van der Waals surface area contributed by atoms with Crippen molar-refractivity contribution < 1.29 is 22.8 Å². The summed E-state index contributed by atoms with van der Waals surface area (Å²) in [7, 11) is 0. The second-order valence-electron chi connectivity index (χ2n) is 2.68. The Labute approximate surface area is 82.4 Å². The number of hydrogen-bond acceptors (Lipinski definition) is 3. The molecule has 7 heteroatoms. The van der Waals surface area contributed by atoms with Crippen molar-refractivity contribution in [2.75, 3.05) is 0 Å². The van der Waals surface area contributed by atoms with Gasteiger partial charge in [-0.25, -0.2) is 0 Å². The third kappa shape index (κ3) is 2.36. The van der Waals surface area contributed by atoms with E-state index >= 15 is 0 Å². The van der Waals surface area contributed by atoms with Crippen molar-refractivity contribution >= 4 is 5.69 Å². The molecule has 0 N–H and O–H groups in total. The maximum atomic E-state index is 13.2. The molecule has 0 spiro atoms. The van der Waals surface area contributed by atoms with Gasteiger partial charge in [0.1, 0.15) is 0 Å². The summed E-state index contributed by atoms with van der Waals surface area (Å²) in [6.07, 6.45) is 0. The smallest absolute Gasteiger partial charge is 0.387 e. The molecule has 0 bridgehead atoms. The van der Waals surface area contributed by atoms with E-state index in [-0.39, 0.29) is 5.56 Å². The van der Waals surface area contributed by atoms with Crippen LogP contribution in [-0.2, 0) is 0 Å². The minimum Gasteiger partial charge on any atom is -0.431 e. The largest absolute Gasteiger partial charge is 0.431 e. The summed E-state index contributed by atoms with van der Waals surface area (Å²) in [4.78, 5) is 9.29.